The molecule has 0 radical (unpaired) electrons. The van der Waals surface area contributed by atoms with Crippen LogP contribution < -0.4 is 47.8 Å². The zero-order valence-corrected chi connectivity index (χ0v) is 20.7. The predicted octanol–water partition coefficient (Wildman–Crippen LogP) is -1.30. The summed E-state index contributed by atoms with van der Waals surface area (Å²) in [6, 6.07) is 13.5. The number of fused-ring (bicyclic) bond motifs is 4. The fraction of sp³-hybridized carbons (Fsp3) is 0.160. The molecule has 1 aromatic carbocycles. The van der Waals surface area contributed by atoms with Crippen molar-refractivity contribution in [3.63, 3.8) is 0 Å². The first-order chi connectivity index (χ1) is 15.1. The van der Waals surface area contributed by atoms with E-state index in [1.54, 1.807) is 30.5 Å². The number of pyridine rings is 1. The van der Waals surface area contributed by atoms with Crippen molar-refractivity contribution in [2.24, 2.45) is 0 Å². The molecule has 0 spiro atoms. The minimum absolute atomic E-state index is 0. The second-order valence-corrected chi connectivity index (χ2v) is 6.79. The van der Waals surface area contributed by atoms with E-state index in [1.807, 2.05) is 19.1 Å². The van der Waals surface area contributed by atoms with E-state index >= 15 is 0 Å². The van der Waals surface area contributed by atoms with E-state index in [0.717, 1.165) is 6.21 Å². The Balaban J connectivity index is 0.00000289. The largest absolute Gasteiger partial charge is 1.00 e. The van der Waals surface area contributed by atoms with Crippen LogP contribution in [0.4, 0.5) is 11.6 Å². The van der Waals surface area contributed by atoms with Crippen LogP contribution in [0.2, 0.25) is 0 Å². The number of benzene rings is 1. The molecular formula is C25H24Li2N6O2-4. The predicted molar refractivity (Wildman–Crippen MR) is 131 cm³/mol. The molecule has 2 aromatic heterocycles. The molecule has 3 aromatic rings. The van der Waals surface area contributed by atoms with Crippen LogP contribution in [0.15, 0.2) is 48.8 Å². The van der Waals surface area contributed by atoms with Gasteiger partial charge in [0.05, 0.1) is 12.7 Å². The number of allylic oxidation sites excluding steroid dienone is 1. The number of anilines is 2. The van der Waals surface area contributed by atoms with Gasteiger partial charge in [-0.3, -0.25) is 4.98 Å². The van der Waals surface area contributed by atoms with Crippen LogP contribution in [0.3, 0.4) is 0 Å². The minimum atomic E-state index is -0.234. The second-order valence-electron chi connectivity index (χ2n) is 6.79. The summed E-state index contributed by atoms with van der Waals surface area (Å²) in [5.74, 6) is 1.62. The van der Waals surface area contributed by atoms with Crippen molar-refractivity contribution >= 4 is 29.1 Å². The molecule has 8 nitrogen and oxygen atoms in total. The van der Waals surface area contributed by atoms with Gasteiger partial charge in [0.1, 0.15) is 17.4 Å². The molecular weight excluding hydrogens is 430 g/mol. The Labute approximate surface area is 231 Å². The Morgan fingerprint density at radius 1 is 1.17 bits per heavy atom. The third-order valence-corrected chi connectivity index (χ3v) is 4.50. The number of rotatable bonds is 3. The maximum atomic E-state index is 10.8. The number of nitrogens with zero attached hydrogens (tertiary/aromatic N) is 5. The van der Waals surface area contributed by atoms with E-state index < -0.39 is 0 Å². The van der Waals surface area contributed by atoms with Crippen molar-refractivity contribution < 1.29 is 47.2 Å². The fourth-order valence-corrected chi connectivity index (χ4v) is 2.91. The molecule has 0 saturated heterocycles. The van der Waals surface area contributed by atoms with E-state index in [0.29, 0.717) is 41.5 Å². The van der Waals surface area contributed by atoms with Crippen molar-refractivity contribution in [2.75, 3.05) is 11.9 Å². The quantitative estimate of drug-likeness (QED) is 0.299. The van der Waals surface area contributed by atoms with Gasteiger partial charge in [0.25, 0.3) is 0 Å². The van der Waals surface area contributed by atoms with Gasteiger partial charge in [-0.25, -0.2) is 10.7 Å². The van der Waals surface area contributed by atoms with E-state index in [9.17, 15) is 10.8 Å². The fourth-order valence-electron chi connectivity index (χ4n) is 2.91. The van der Waals surface area contributed by atoms with Gasteiger partial charge in [-0.1, -0.05) is 0 Å². The van der Waals surface area contributed by atoms with Gasteiger partial charge < -0.3 is 51.7 Å². The monoisotopic (exact) mass is 454 g/mol. The normalized spacial score (nSPS) is 14.1. The van der Waals surface area contributed by atoms with Crippen molar-refractivity contribution in [1.29, 1.82) is 0 Å². The number of nitrogens with one attached hydrogen (secondary N) is 1. The summed E-state index contributed by atoms with van der Waals surface area (Å²) in [5, 5.41) is 23.4. The van der Waals surface area contributed by atoms with E-state index in [2.05, 4.69) is 32.6 Å². The molecule has 4 rings (SSSR count). The Morgan fingerprint density at radius 2 is 1.97 bits per heavy atom. The zero-order valence-electron chi connectivity index (χ0n) is 20.7. The molecule has 0 amide bonds. The summed E-state index contributed by atoms with van der Waals surface area (Å²) in [7, 11) is 0. The van der Waals surface area contributed by atoms with Gasteiger partial charge in [0.15, 0.2) is 0 Å². The summed E-state index contributed by atoms with van der Waals surface area (Å²) >= 11 is 0. The average molecular weight is 454 g/mol. The Kier molecular flexibility index (Phi) is 13.9. The molecule has 172 valence electrons. The molecule has 1 atom stereocenters. The Bertz CT molecular complexity index is 1140. The van der Waals surface area contributed by atoms with Crippen molar-refractivity contribution in [2.45, 2.75) is 19.4 Å². The van der Waals surface area contributed by atoms with Crippen molar-refractivity contribution in [3.05, 3.63) is 104 Å². The zero-order chi connectivity index (χ0) is 21.6. The van der Waals surface area contributed by atoms with Gasteiger partial charge in [-0.05, 0) is 18.6 Å². The topological polar surface area (TPSA) is 114 Å². The van der Waals surface area contributed by atoms with Gasteiger partial charge in [-0.2, -0.15) is 5.56 Å². The van der Waals surface area contributed by atoms with E-state index in [4.69, 9.17) is 9.47 Å². The Hall–Kier alpha value is -2.88. The smallest absolute Gasteiger partial charge is 0.878 e. The average Bonchev–Trinajstić information content (AvgIpc) is 2.79. The summed E-state index contributed by atoms with van der Waals surface area (Å²) in [5.41, 5.74) is 1.22. The number of aromatic nitrogens is 3. The summed E-state index contributed by atoms with van der Waals surface area (Å²) in [6.45, 7) is 2.19. The van der Waals surface area contributed by atoms with Crippen LogP contribution in [-0.2, 0) is 4.74 Å². The number of hydrogen-bond acceptors (Lipinski definition) is 6. The van der Waals surface area contributed by atoms with Crippen LogP contribution >= 0.6 is 0 Å². The first kappa shape index (κ1) is 32.1. The first-order valence-electron chi connectivity index (χ1n) is 9.66. The standard InChI is InChI=1S/C23H18N6O2.2CH3.2Li/c1-15-8-10-30-14-17(12-24)23-26-9-7-20(29-23)28-21-11-19(31-15)18(13-27-21)22(25)16-5-3-2-4-6-16;;;;/h2-5,7,9,11-13,15H,8,10H2,1H3,(H,26,27,28,29);2*1H3;;/q-4;2*-1;2*+1/t15-;;;;/m0..../s1. The van der Waals surface area contributed by atoms with Crippen molar-refractivity contribution in [3.8, 4) is 5.75 Å². The van der Waals surface area contributed by atoms with Crippen LogP contribution in [0.1, 0.15) is 30.3 Å². The molecule has 35 heavy (non-hydrogen) atoms. The van der Waals surface area contributed by atoms with Crippen molar-refractivity contribution in [1.82, 2.24) is 15.0 Å². The summed E-state index contributed by atoms with van der Waals surface area (Å²) < 4.78 is 11.5. The Morgan fingerprint density at radius 3 is 2.69 bits per heavy atom. The van der Waals surface area contributed by atoms with Crippen LogP contribution in [0.25, 0.3) is 16.4 Å². The molecule has 0 fully saturated rings. The number of ether oxygens (including phenoxy) is 2. The molecule has 0 unspecified atom stereocenters. The second kappa shape index (κ2) is 15.2. The third kappa shape index (κ3) is 8.09. The SMILES string of the molecule is C[C@H]1CCO[C-]=C(C=[N-])c2nccc(n2)Nc2cc(c(C(=[N-])c3[c-]cccc3)cn2)O1.[CH3-].[CH3-].[Li+].[Li+]. The molecule has 0 aliphatic carbocycles. The third-order valence-electron chi connectivity index (χ3n) is 4.50. The number of hydrogen-bond donors (Lipinski definition) is 1. The van der Waals surface area contributed by atoms with Crippen LogP contribution in [-0.4, -0.2) is 39.6 Å². The molecule has 10 heteroatoms. The maximum absolute atomic E-state index is 10.8. The molecule has 1 aliphatic rings. The summed E-state index contributed by atoms with van der Waals surface area (Å²) in [6.07, 6.45) is 6.87. The molecule has 1 N–H and O–H groups in total. The molecule has 0 saturated carbocycles. The molecule has 4 bridgehead atoms. The van der Waals surface area contributed by atoms with Crippen LogP contribution in [0.5, 0.6) is 5.75 Å². The first-order valence-corrected chi connectivity index (χ1v) is 9.66. The summed E-state index contributed by atoms with van der Waals surface area (Å²) in [4.78, 5) is 12.9. The van der Waals surface area contributed by atoms with E-state index in [1.165, 1.54) is 6.20 Å². The van der Waals surface area contributed by atoms with Gasteiger partial charge in [-0.15, -0.1) is 35.9 Å². The van der Waals surface area contributed by atoms with Gasteiger partial charge in [0.2, 0.25) is 0 Å². The van der Waals surface area contributed by atoms with Crippen LogP contribution in [0, 0.1) is 27.2 Å². The molecule has 1 aliphatic heterocycles. The van der Waals surface area contributed by atoms with Gasteiger partial charge >= 0.3 is 37.7 Å². The van der Waals surface area contributed by atoms with Gasteiger partial charge in [0, 0.05) is 37.0 Å². The van der Waals surface area contributed by atoms with E-state index in [-0.39, 0.29) is 75.8 Å². The molecule has 3 heterocycles. The maximum Gasteiger partial charge on any atom is 1.00 e. The minimum Gasteiger partial charge on any atom is -0.878 e.